The lowest BCUT2D eigenvalue weighted by Crippen LogP contribution is -2.23. The molecule has 0 aliphatic heterocycles. The Labute approximate surface area is 122 Å². The molecule has 1 unspecified atom stereocenters. The molecule has 0 bridgehead atoms. The molecule has 2 rings (SSSR count). The molecule has 1 aromatic carbocycles. The van der Waals surface area contributed by atoms with Gasteiger partial charge in [-0.25, -0.2) is 0 Å². The van der Waals surface area contributed by atoms with Crippen molar-refractivity contribution in [2.75, 3.05) is 6.54 Å². The molecule has 1 heterocycles. The number of aryl methyl sites for hydroxylation is 4. The van der Waals surface area contributed by atoms with Crippen molar-refractivity contribution >= 4 is 0 Å². The van der Waals surface area contributed by atoms with Gasteiger partial charge in [0.2, 0.25) is 0 Å². The summed E-state index contributed by atoms with van der Waals surface area (Å²) >= 11 is 0. The van der Waals surface area contributed by atoms with E-state index in [1.54, 1.807) is 0 Å². The second-order valence-electron chi connectivity index (χ2n) is 5.59. The summed E-state index contributed by atoms with van der Waals surface area (Å²) in [6, 6.07) is 7.01. The van der Waals surface area contributed by atoms with E-state index in [4.69, 9.17) is 0 Å². The average molecular weight is 271 g/mol. The van der Waals surface area contributed by atoms with E-state index in [0.717, 1.165) is 18.7 Å². The van der Waals surface area contributed by atoms with Gasteiger partial charge in [-0.2, -0.15) is 5.10 Å². The number of hydrogen-bond acceptors (Lipinski definition) is 2. The largest absolute Gasteiger partial charge is 0.310 e. The molecule has 108 valence electrons. The van der Waals surface area contributed by atoms with Crippen molar-refractivity contribution in [2.24, 2.45) is 7.05 Å². The van der Waals surface area contributed by atoms with Crippen LogP contribution in [0, 0.1) is 20.8 Å². The predicted molar refractivity (Wildman–Crippen MR) is 84.0 cm³/mol. The summed E-state index contributed by atoms with van der Waals surface area (Å²) in [5, 5.41) is 8.07. The molecule has 0 fully saturated rings. The van der Waals surface area contributed by atoms with E-state index in [2.05, 4.69) is 62.5 Å². The van der Waals surface area contributed by atoms with Gasteiger partial charge >= 0.3 is 0 Å². The van der Waals surface area contributed by atoms with Gasteiger partial charge < -0.3 is 5.32 Å². The first-order chi connectivity index (χ1) is 9.51. The summed E-state index contributed by atoms with van der Waals surface area (Å²) in [6.45, 7) is 9.54. The van der Waals surface area contributed by atoms with E-state index in [1.165, 1.54) is 22.3 Å². The number of benzene rings is 1. The first-order valence-electron chi connectivity index (χ1n) is 7.31. The zero-order valence-electron chi connectivity index (χ0n) is 13.2. The highest BCUT2D eigenvalue weighted by Crippen LogP contribution is 2.23. The lowest BCUT2D eigenvalue weighted by Gasteiger charge is -2.19. The van der Waals surface area contributed by atoms with E-state index in [1.807, 2.05) is 11.7 Å². The minimum Gasteiger partial charge on any atom is -0.310 e. The summed E-state index contributed by atoms with van der Waals surface area (Å²) < 4.78 is 1.90. The molecule has 20 heavy (non-hydrogen) atoms. The minimum atomic E-state index is 0.328. The van der Waals surface area contributed by atoms with Gasteiger partial charge in [-0.3, -0.25) is 4.68 Å². The second kappa shape index (κ2) is 6.23. The normalized spacial score (nSPS) is 12.7. The van der Waals surface area contributed by atoms with Crippen molar-refractivity contribution in [3.63, 3.8) is 0 Å². The quantitative estimate of drug-likeness (QED) is 0.904. The van der Waals surface area contributed by atoms with Crippen LogP contribution in [0.5, 0.6) is 0 Å². The van der Waals surface area contributed by atoms with Crippen LogP contribution < -0.4 is 5.32 Å². The van der Waals surface area contributed by atoms with Crippen molar-refractivity contribution < 1.29 is 0 Å². The molecule has 0 saturated heterocycles. The first-order valence-corrected chi connectivity index (χ1v) is 7.31. The fraction of sp³-hybridized carbons (Fsp3) is 0.471. The molecule has 3 heteroatoms. The molecule has 0 amide bonds. The number of rotatable bonds is 5. The van der Waals surface area contributed by atoms with Crippen LogP contribution >= 0.6 is 0 Å². The Hall–Kier alpha value is -1.61. The lowest BCUT2D eigenvalue weighted by molar-refractivity contribution is 0.546. The molecule has 0 aliphatic carbocycles. The molecule has 0 spiro atoms. The Morgan fingerprint density at radius 1 is 1.25 bits per heavy atom. The maximum atomic E-state index is 4.47. The molecule has 1 N–H and O–H groups in total. The summed E-state index contributed by atoms with van der Waals surface area (Å²) in [4.78, 5) is 0. The molecule has 1 atom stereocenters. The van der Waals surface area contributed by atoms with Gasteiger partial charge in [0.25, 0.3) is 0 Å². The predicted octanol–water partition coefficient (Wildman–Crippen LogP) is 3.24. The zero-order valence-corrected chi connectivity index (χ0v) is 13.2. The SMILES string of the molecule is CCNC(Cc1cc(C)ccc1C)c1cn(C)nc1C. The Kier molecular flexibility index (Phi) is 4.61. The summed E-state index contributed by atoms with van der Waals surface area (Å²) in [5.41, 5.74) is 6.52. The molecular weight excluding hydrogens is 246 g/mol. The highest BCUT2D eigenvalue weighted by atomic mass is 15.3. The lowest BCUT2D eigenvalue weighted by atomic mass is 9.95. The molecule has 0 radical (unpaired) electrons. The first kappa shape index (κ1) is 14.8. The van der Waals surface area contributed by atoms with Gasteiger partial charge in [-0.05, 0) is 44.9 Å². The maximum Gasteiger partial charge on any atom is 0.0641 e. The van der Waals surface area contributed by atoms with Crippen molar-refractivity contribution in [3.05, 3.63) is 52.3 Å². The van der Waals surface area contributed by atoms with E-state index in [-0.39, 0.29) is 0 Å². The number of hydrogen-bond donors (Lipinski definition) is 1. The Morgan fingerprint density at radius 3 is 2.60 bits per heavy atom. The van der Waals surface area contributed by atoms with Crippen LogP contribution in [0.25, 0.3) is 0 Å². The van der Waals surface area contributed by atoms with Crippen molar-refractivity contribution in [2.45, 2.75) is 40.2 Å². The minimum absolute atomic E-state index is 0.328. The van der Waals surface area contributed by atoms with Gasteiger partial charge in [0.1, 0.15) is 0 Å². The number of aromatic nitrogens is 2. The number of nitrogens with zero attached hydrogens (tertiary/aromatic N) is 2. The van der Waals surface area contributed by atoms with E-state index < -0.39 is 0 Å². The Balaban J connectivity index is 2.30. The number of likely N-dealkylation sites (N-methyl/N-ethyl adjacent to an activating group) is 1. The van der Waals surface area contributed by atoms with Crippen LogP contribution in [0.15, 0.2) is 24.4 Å². The Bertz CT molecular complexity index is 584. The van der Waals surface area contributed by atoms with Crippen LogP contribution in [-0.2, 0) is 13.5 Å². The van der Waals surface area contributed by atoms with E-state index in [9.17, 15) is 0 Å². The standard InChI is InChI=1S/C17H25N3/c1-6-18-17(16-11-20(5)19-14(16)4)10-15-9-12(2)7-8-13(15)3/h7-9,11,17-18H,6,10H2,1-5H3. The molecule has 0 aliphatic rings. The highest BCUT2D eigenvalue weighted by Gasteiger charge is 2.17. The van der Waals surface area contributed by atoms with E-state index in [0.29, 0.717) is 6.04 Å². The monoisotopic (exact) mass is 271 g/mol. The molecule has 2 aromatic rings. The van der Waals surface area contributed by atoms with Crippen LogP contribution in [0.4, 0.5) is 0 Å². The maximum absolute atomic E-state index is 4.47. The van der Waals surface area contributed by atoms with Gasteiger partial charge in [-0.15, -0.1) is 0 Å². The smallest absolute Gasteiger partial charge is 0.0641 e. The topological polar surface area (TPSA) is 29.9 Å². The highest BCUT2D eigenvalue weighted by molar-refractivity contribution is 5.33. The zero-order chi connectivity index (χ0) is 14.7. The van der Waals surface area contributed by atoms with E-state index >= 15 is 0 Å². The van der Waals surface area contributed by atoms with Gasteiger partial charge in [0, 0.05) is 24.8 Å². The van der Waals surface area contributed by atoms with Crippen molar-refractivity contribution in [3.8, 4) is 0 Å². The van der Waals surface area contributed by atoms with Gasteiger partial charge in [0.05, 0.1) is 5.69 Å². The molecular formula is C17H25N3. The van der Waals surface area contributed by atoms with Crippen LogP contribution in [-0.4, -0.2) is 16.3 Å². The molecule has 3 nitrogen and oxygen atoms in total. The third kappa shape index (κ3) is 3.28. The van der Waals surface area contributed by atoms with Crippen molar-refractivity contribution in [1.29, 1.82) is 0 Å². The fourth-order valence-corrected chi connectivity index (χ4v) is 2.74. The third-order valence-corrected chi connectivity index (χ3v) is 3.81. The summed E-state index contributed by atoms with van der Waals surface area (Å²) in [6.07, 6.45) is 3.14. The van der Waals surface area contributed by atoms with Gasteiger partial charge in [0.15, 0.2) is 0 Å². The summed E-state index contributed by atoms with van der Waals surface area (Å²) in [7, 11) is 1.98. The third-order valence-electron chi connectivity index (χ3n) is 3.81. The second-order valence-corrected chi connectivity index (χ2v) is 5.59. The number of nitrogens with one attached hydrogen (secondary N) is 1. The average Bonchev–Trinajstić information content (AvgIpc) is 2.72. The Morgan fingerprint density at radius 2 is 2.00 bits per heavy atom. The van der Waals surface area contributed by atoms with Gasteiger partial charge in [-0.1, -0.05) is 30.7 Å². The fourth-order valence-electron chi connectivity index (χ4n) is 2.74. The summed E-state index contributed by atoms with van der Waals surface area (Å²) in [5.74, 6) is 0. The van der Waals surface area contributed by atoms with Crippen LogP contribution in [0.3, 0.4) is 0 Å². The van der Waals surface area contributed by atoms with Crippen LogP contribution in [0.1, 0.15) is 40.9 Å². The molecule has 0 saturated carbocycles. The van der Waals surface area contributed by atoms with Crippen LogP contribution in [0.2, 0.25) is 0 Å². The van der Waals surface area contributed by atoms with Crippen molar-refractivity contribution in [1.82, 2.24) is 15.1 Å². The molecule has 1 aromatic heterocycles.